The Labute approximate surface area is 321 Å². The van der Waals surface area contributed by atoms with E-state index in [1.165, 1.54) is 23.9 Å². The van der Waals surface area contributed by atoms with Gasteiger partial charge in [0, 0.05) is 27.1 Å². The fraction of sp³-hybridized carbons (Fsp3) is 0.667. The van der Waals surface area contributed by atoms with Crippen LogP contribution in [0.3, 0.4) is 0 Å². The number of hydrogen-bond acceptors (Lipinski definition) is 8. The highest BCUT2D eigenvalue weighted by atomic mass is 19.3. The maximum absolute atomic E-state index is 14.4. The van der Waals surface area contributed by atoms with Crippen LogP contribution in [0.15, 0.2) is 30.3 Å². The average molecular weight is 775 g/mol. The fourth-order valence-electron chi connectivity index (χ4n) is 7.96. The molecular formula is C39H56F2N6O8. The Balaban J connectivity index is 1.49. The van der Waals surface area contributed by atoms with Crippen molar-refractivity contribution in [2.75, 3.05) is 27.2 Å². The summed E-state index contributed by atoms with van der Waals surface area (Å²) in [6.07, 6.45) is 1.34. The highest BCUT2D eigenvalue weighted by molar-refractivity contribution is 6.38. The van der Waals surface area contributed by atoms with Gasteiger partial charge in [-0.05, 0) is 76.2 Å². The van der Waals surface area contributed by atoms with Crippen molar-refractivity contribution in [1.29, 1.82) is 0 Å². The monoisotopic (exact) mass is 774 g/mol. The first-order valence-electron chi connectivity index (χ1n) is 19.2. The number of nitrogens with one attached hydrogen (secondary N) is 4. The van der Waals surface area contributed by atoms with Gasteiger partial charge < -0.3 is 35.8 Å². The molecule has 14 nitrogen and oxygen atoms in total. The van der Waals surface area contributed by atoms with Crippen LogP contribution in [0, 0.1) is 17.8 Å². The first-order valence-corrected chi connectivity index (χ1v) is 19.2. The number of halogens is 2. The van der Waals surface area contributed by atoms with Crippen molar-refractivity contribution < 1.29 is 47.1 Å². The van der Waals surface area contributed by atoms with Gasteiger partial charge in [0.2, 0.25) is 35.8 Å². The lowest BCUT2D eigenvalue weighted by atomic mass is 9.83. The number of alkyl halides is 2. The molecule has 0 spiro atoms. The van der Waals surface area contributed by atoms with Gasteiger partial charge in [-0.2, -0.15) is 0 Å². The first-order chi connectivity index (χ1) is 26.0. The average Bonchev–Trinajstić information content (AvgIpc) is 3.74. The molecule has 0 aromatic heterocycles. The Morgan fingerprint density at radius 2 is 1.55 bits per heavy atom. The van der Waals surface area contributed by atoms with Gasteiger partial charge in [-0.1, -0.05) is 56.0 Å². The number of likely N-dealkylation sites (N-methyl/N-ethyl adjacent to an activating group) is 1. The molecule has 0 bridgehead atoms. The summed E-state index contributed by atoms with van der Waals surface area (Å²) in [7, 11) is 3.03. The van der Waals surface area contributed by atoms with Gasteiger partial charge in [-0.15, -0.1) is 0 Å². The van der Waals surface area contributed by atoms with Gasteiger partial charge in [-0.25, -0.2) is 13.6 Å². The molecule has 1 aliphatic heterocycles. The predicted octanol–water partition coefficient (Wildman–Crippen LogP) is 3.25. The van der Waals surface area contributed by atoms with Crippen LogP contribution in [0.4, 0.5) is 13.6 Å². The number of carbonyl (C=O) groups excluding carboxylic acids is 7. The molecule has 0 radical (unpaired) electrons. The first kappa shape index (κ1) is 43.1. The number of alkyl carbamates (subject to hydrolysis) is 1. The number of Topliss-reactive ketones (excluding diaryl/α,β-unsaturated/α-hetero) is 1. The minimum Gasteiger partial charge on any atom is -0.444 e. The van der Waals surface area contributed by atoms with Crippen LogP contribution in [0.25, 0.3) is 0 Å². The largest absolute Gasteiger partial charge is 0.444 e. The molecule has 2 saturated carbocycles. The molecule has 1 saturated heterocycles. The summed E-state index contributed by atoms with van der Waals surface area (Å²) in [5.41, 5.74) is -0.329. The number of fused-ring (bicyclic) bond motifs is 1. The van der Waals surface area contributed by atoms with Crippen LogP contribution >= 0.6 is 0 Å². The van der Waals surface area contributed by atoms with Crippen LogP contribution in [-0.4, -0.2) is 109 Å². The van der Waals surface area contributed by atoms with E-state index in [9.17, 15) is 42.3 Å². The molecule has 4 N–H and O–H groups in total. The number of hydrogen-bond donors (Lipinski definition) is 4. The molecule has 6 amide bonds. The number of nitrogens with zero attached hydrogens (tertiary/aromatic N) is 2. The summed E-state index contributed by atoms with van der Waals surface area (Å²) in [6, 6.07) is 3.62. The van der Waals surface area contributed by atoms with E-state index in [-0.39, 0.29) is 24.3 Å². The molecule has 1 aromatic rings. The summed E-state index contributed by atoms with van der Waals surface area (Å²) in [4.78, 5) is 96.5. The standard InChI is InChI=1S/C39H56F2N6O8/c1-39(2,3)55-38(54)45-31(24-15-10-7-11-16-24)37(53)47-22-25-17-12-18-26(25)32(47)34(50)43-27(19-20-28(40)41)33(49)35(51)42-21-29(48)44-30(36(52)46(4)5)23-13-8-6-9-14-23/h6,8-9,13-14,24-28,30-32H,7,10-12,15-22H2,1-5H3,(H,42,51)(H,43,50)(H,44,48)(H,45,54)/t25-,26-,27?,30-,31-,32-/m0/s1. The van der Waals surface area contributed by atoms with Crippen LogP contribution < -0.4 is 21.3 Å². The lowest BCUT2D eigenvalue weighted by molar-refractivity contribution is -0.144. The lowest BCUT2D eigenvalue weighted by Gasteiger charge is -2.36. The molecule has 3 fully saturated rings. The molecule has 3 aliphatic rings. The van der Waals surface area contributed by atoms with Gasteiger partial charge in [0.15, 0.2) is 0 Å². The molecule has 55 heavy (non-hydrogen) atoms. The Bertz CT molecular complexity index is 1550. The Morgan fingerprint density at radius 3 is 2.16 bits per heavy atom. The maximum Gasteiger partial charge on any atom is 0.408 e. The predicted molar refractivity (Wildman–Crippen MR) is 197 cm³/mol. The SMILES string of the molecule is CN(C)C(=O)[C@@H](NC(=O)CNC(=O)C(=O)C(CCC(F)F)NC(=O)[C@@H]1[C@H]2CCC[C@H]2CN1C(=O)[C@@H](NC(=O)OC(C)(C)C)C1CCCCC1)c1ccccc1. The summed E-state index contributed by atoms with van der Waals surface area (Å²) in [5, 5.41) is 10.0. The Kier molecular flexibility index (Phi) is 15.1. The van der Waals surface area contributed by atoms with E-state index in [0.717, 1.165) is 32.1 Å². The van der Waals surface area contributed by atoms with Crippen LogP contribution in [0.1, 0.15) is 96.6 Å². The number of amides is 6. The van der Waals surface area contributed by atoms with Crippen LogP contribution in [-0.2, 0) is 33.5 Å². The second-order valence-corrected chi connectivity index (χ2v) is 16.0. The van der Waals surface area contributed by atoms with E-state index in [0.29, 0.717) is 24.8 Å². The van der Waals surface area contributed by atoms with Crippen molar-refractivity contribution in [2.24, 2.45) is 17.8 Å². The van der Waals surface area contributed by atoms with Crippen LogP contribution in [0.5, 0.6) is 0 Å². The molecule has 4 rings (SSSR count). The van der Waals surface area contributed by atoms with E-state index in [2.05, 4.69) is 21.3 Å². The number of ether oxygens (including phenoxy) is 1. The highest BCUT2D eigenvalue weighted by Gasteiger charge is 2.52. The van der Waals surface area contributed by atoms with E-state index in [1.807, 2.05) is 0 Å². The fourth-order valence-corrected chi connectivity index (χ4v) is 7.96. The topological polar surface area (TPSA) is 183 Å². The highest BCUT2D eigenvalue weighted by Crippen LogP contribution is 2.43. The number of benzene rings is 1. The maximum atomic E-state index is 14.4. The normalized spacial score (nSPS) is 21.5. The number of rotatable bonds is 15. The third kappa shape index (κ3) is 11.9. The number of likely N-dealkylation sites (tertiary alicyclic amines) is 1. The van der Waals surface area contributed by atoms with Crippen molar-refractivity contribution in [3.8, 4) is 0 Å². The summed E-state index contributed by atoms with van der Waals surface area (Å²) < 4.78 is 32.4. The smallest absolute Gasteiger partial charge is 0.408 e. The van der Waals surface area contributed by atoms with Gasteiger partial charge >= 0.3 is 6.09 Å². The number of carbonyl (C=O) groups is 7. The second-order valence-electron chi connectivity index (χ2n) is 16.0. The van der Waals surface area contributed by atoms with E-state index >= 15 is 0 Å². The number of ketones is 1. The van der Waals surface area contributed by atoms with Gasteiger partial charge in [0.25, 0.3) is 5.91 Å². The Morgan fingerprint density at radius 1 is 0.873 bits per heavy atom. The summed E-state index contributed by atoms with van der Waals surface area (Å²) in [6.45, 7) is 4.66. The Hall–Kier alpha value is -4.63. The minimum absolute atomic E-state index is 0.0238. The molecule has 6 atom stereocenters. The molecule has 16 heteroatoms. The van der Waals surface area contributed by atoms with Crippen molar-refractivity contribution in [3.63, 3.8) is 0 Å². The summed E-state index contributed by atoms with van der Waals surface area (Å²) in [5.74, 6) is -5.46. The zero-order valence-corrected chi connectivity index (χ0v) is 32.4. The van der Waals surface area contributed by atoms with Gasteiger partial charge in [-0.3, -0.25) is 28.8 Å². The van der Waals surface area contributed by atoms with Crippen molar-refractivity contribution in [2.45, 2.75) is 121 Å². The van der Waals surface area contributed by atoms with E-state index in [4.69, 9.17) is 4.74 Å². The third-order valence-corrected chi connectivity index (χ3v) is 10.6. The quantitative estimate of drug-likeness (QED) is 0.196. The van der Waals surface area contributed by atoms with Gasteiger partial charge in [0.05, 0.1) is 12.6 Å². The summed E-state index contributed by atoms with van der Waals surface area (Å²) >= 11 is 0. The lowest BCUT2D eigenvalue weighted by Crippen LogP contribution is -2.59. The molecule has 1 heterocycles. The zero-order valence-electron chi connectivity index (χ0n) is 32.4. The molecule has 1 aromatic carbocycles. The zero-order chi connectivity index (χ0) is 40.4. The molecule has 2 aliphatic carbocycles. The molecular weight excluding hydrogens is 718 g/mol. The van der Waals surface area contributed by atoms with E-state index < -0.39 is 97.0 Å². The van der Waals surface area contributed by atoms with E-state index in [1.54, 1.807) is 51.1 Å². The minimum atomic E-state index is -2.84. The van der Waals surface area contributed by atoms with Gasteiger partial charge in [0.1, 0.15) is 23.7 Å². The van der Waals surface area contributed by atoms with Crippen molar-refractivity contribution >= 4 is 41.4 Å². The van der Waals surface area contributed by atoms with Crippen molar-refractivity contribution in [3.05, 3.63) is 35.9 Å². The van der Waals surface area contributed by atoms with Crippen LogP contribution in [0.2, 0.25) is 0 Å². The second kappa shape index (κ2) is 19.3. The molecule has 304 valence electrons. The van der Waals surface area contributed by atoms with Crippen molar-refractivity contribution in [1.82, 2.24) is 31.1 Å². The molecule has 1 unspecified atom stereocenters. The third-order valence-electron chi connectivity index (χ3n) is 10.6.